The summed E-state index contributed by atoms with van der Waals surface area (Å²) in [5.41, 5.74) is 11.3. The van der Waals surface area contributed by atoms with Crippen LogP contribution in [0.15, 0.2) is 121 Å². The average Bonchev–Trinajstić information content (AvgIpc) is 3.13. The summed E-state index contributed by atoms with van der Waals surface area (Å²) in [7, 11) is 0. The number of ketones is 2. The minimum Gasteiger partial charge on any atom is -0.512 e. The van der Waals surface area contributed by atoms with Crippen LogP contribution in [0.2, 0.25) is 0 Å². The first-order valence-electron chi connectivity index (χ1n) is 18.6. The Bertz CT molecular complexity index is 2230. The summed E-state index contributed by atoms with van der Waals surface area (Å²) in [4.78, 5) is 29.6. The van der Waals surface area contributed by atoms with Crippen molar-refractivity contribution in [3.05, 3.63) is 155 Å². The van der Waals surface area contributed by atoms with Gasteiger partial charge in [-0.1, -0.05) is 116 Å². The monoisotopic (exact) mass is 1140 g/mol. The molecule has 2 heterocycles. The number of nitrogens with zero attached hydrogens (tertiary/aromatic N) is 2. The fraction of sp³-hybridized carbons (Fsp3) is 0.280. The van der Waals surface area contributed by atoms with E-state index in [0.717, 1.165) is 45.5 Å². The minimum absolute atomic E-state index is 0. The predicted octanol–water partition coefficient (Wildman–Crippen LogP) is 13.6. The van der Waals surface area contributed by atoms with Gasteiger partial charge in [0.25, 0.3) is 0 Å². The molecule has 2 N–H and O–H groups in total. The van der Waals surface area contributed by atoms with Gasteiger partial charge in [-0.2, -0.15) is 0 Å². The number of aliphatic hydroxyl groups is 2. The fourth-order valence-corrected chi connectivity index (χ4v) is 5.81. The molecule has 6 aromatic rings. The maximum atomic E-state index is 10.0. The number of hydrogen-bond acceptors (Lipinski definition) is 6. The van der Waals surface area contributed by atoms with E-state index in [1.54, 1.807) is 0 Å². The maximum Gasteiger partial charge on any atom is 0.155 e. The molecule has 0 aliphatic heterocycles. The van der Waals surface area contributed by atoms with Gasteiger partial charge in [0.05, 0.1) is 22.6 Å². The van der Waals surface area contributed by atoms with E-state index in [9.17, 15) is 9.59 Å². The van der Waals surface area contributed by atoms with Crippen LogP contribution in [-0.2, 0) is 49.8 Å². The number of para-hydroxylation sites is 1. The van der Waals surface area contributed by atoms with Gasteiger partial charge in [-0.05, 0) is 68.1 Å². The van der Waals surface area contributed by atoms with Crippen LogP contribution in [0.3, 0.4) is 0 Å². The molecular weight excluding hydrogens is 1080 g/mol. The van der Waals surface area contributed by atoms with Crippen LogP contribution in [0.5, 0.6) is 0 Å². The Kier molecular flexibility index (Phi) is 24.3. The number of benzene rings is 4. The summed E-state index contributed by atoms with van der Waals surface area (Å²) >= 11 is 0. The molecule has 58 heavy (non-hydrogen) atoms. The van der Waals surface area contributed by atoms with Crippen LogP contribution in [0.4, 0.5) is 0 Å². The molecule has 0 fully saturated rings. The average molecular weight is 1140 g/mol. The van der Waals surface area contributed by atoms with Gasteiger partial charge in [0.15, 0.2) is 11.6 Å². The van der Waals surface area contributed by atoms with E-state index in [0.29, 0.717) is 11.8 Å². The number of carbonyl (C=O) groups is 2. The number of aromatic nitrogens is 2. The Hall–Kier alpha value is -4.58. The van der Waals surface area contributed by atoms with E-state index in [-0.39, 0.29) is 72.1 Å². The van der Waals surface area contributed by atoms with Gasteiger partial charge < -0.3 is 10.2 Å². The molecule has 0 spiro atoms. The molecule has 1 atom stereocenters. The number of fused-ring (bicyclic) bond motifs is 2. The number of rotatable bonds is 7. The molecule has 0 saturated carbocycles. The second kappa shape index (κ2) is 26.4. The SMILES string of the molecule is C.CC(=O)C=C(C)O.CC(=O)C=C(C)O.CCC(C)c1c[c-]c(-c2ccc3ccccc3n2)cc1.Cc1[c-]c(-c2ccc3c(C(C)C)cccc3n2)cc(C)c1.[2HH].[Ir].[Ir]. The van der Waals surface area contributed by atoms with Crippen LogP contribution < -0.4 is 0 Å². The molecule has 4 aromatic carbocycles. The summed E-state index contributed by atoms with van der Waals surface area (Å²) < 4.78 is 0. The second-order valence-electron chi connectivity index (χ2n) is 14.0. The molecule has 6 rings (SSSR count). The Balaban J connectivity index is 0. The number of carbonyl (C=O) groups excluding carboxylic acids is 2. The first-order chi connectivity index (χ1) is 26.1. The third-order valence-electron chi connectivity index (χ3n) is 8.53. The third kappa shape index (κ3) is 17.5. The van der Waals surface area contributed by atoms with Gasteiger partial charge in [-0.25, -0.2) is 0 Å². The summed E-state index contributed by atoms with van der Waals surface area (Å²) in [6, 6.07) is 40.5. The second-order valence-corrected chi connectivity index (χ2v) is 14.0. The maximum absolute atomic E-state index is 10.0. The van der Waals surface area contributed by atoms with E-state index >= 15 is 0 Å². The van der Waals surface area contributed by atoms with Gasteiger partial charge in [0.2, 0.25) is 0 Å². The Morgan fingerprint density at radius 2 is 1.29 bits per heavy atom. The van der Waals surface area contributed by atoms with Gasteiger partial charge >= 0.3 is 0 Å². The van der Waals surface area contributed by atoms with Crippen molar-refractivity contribution in [1.82, 2.24) is 9.97 Å². The Morgan fingerprint density at radius 1 is 0.724 bits per heavy atom. The van der Waals surface area contributed by atoms with Crippen LogP contribution in [0.25, 0.3) is 44.3 Å². The molecule has 314 valence electrons. The van der Waals surface area contributed by atoms with E-state index < -0.39 is 0 Å². The quantitative estimate of drug-likeness (QED) is 0.0938. The van der Waals surface area contributed by atoms with E-state index in [4.69, 9.17) is 20.2 Å². The van der Waals surface area contributed by atoms with Crippen molar-refractivity contribution in [2.75, 3.05) is 0 Å². The first-order valence-corrected chi connectivity index (χ1v) is 18.6. The van der Waals surface area contributed by atoms with Crippen molar-refractivity contribution in [2.24, 2.45) is 0 Å². The van der Waals surface area contributed by atoms with Gasteiger partial charge in [-0.3, -0.25) is 19.6 Å². The molecular formula is C50H60Ir2N2O4-2. The molecule has 0 saturated heterocycles. The fourth-order valence-electron chi connectivity index (χ4n) is 5.81. The number of aryl methyl sites for hydroxylation is 2. The zero-order chi connectivity index (χ0) is 40.7. The number of pyridine rings is 2. The van der Waals surface area contributed by atoms with Gasteiger partial charge in [0.1, 0.15) is 0 Å². The molecule has 8 heteroatoms. The van der Waals surface area contributed by atoms with Crippen molar-refractivity contribution < 1.29 is 61.4 Å². The summed E-state index contributed by atoms with van der Waals surface area (Å²) in [5.74, 6) is 0.971. The van der Waals surface area contributed by atoms with Crippen LogP contribution >= 0.6 is 0 Å². The summed E-state index contributed by atoms with van der Waals surface area (Å²) in [6.07, 6.45) is 3.49. The predicted molar refractivity (Wildman–Crippen MR) is 237 cm³/mol. The third-order valence-corrected chi connectivity index (χ3v) is 8.53. The Labute approximate surface area is 375 Å². The Morgan fingerprint density at radius 3 is 1.81 bits per heavy atom. The van der Waals surface area contributed by atoms with Gasteiger partial charge in [-0.15, -0.1) is 70.3 Å². The summed E-state index contributed by atoms with van der Waals surface area (Å²) in [6.45, 7) is 18.8. The van der Waals surface area contributed by atoms with Crippen molar-refractivity contribution in [1.29, 1.82) is 0 Å². The zero-order valence-corrected chi connectivity index (χ0v) is 39.3. The smallest absolute Gasteiger partial charge is 0.155 e. The number of aliphatic hydroxyl groups excluding tert-OH is 2. The molecule has 0 aliphatic rings. The van der Waals surface area contributed by atoms with E-state index in [1.165, 1.54) is 67.3 Å². The zero-order valence-electron chi connectivity index (χ0n) is 34.5. The first kappa shape index (κ1) is 53.4. The van der Waals surface area contributed by atoms with Crippen LogP contribution in [0.1, 0.15) is 105 Å². The van der Waals surface area contributed by atoms with Crippen molar-refractivity contribution in [2.45, 2.75) is 94.9 Å². The van der Waals surface area contributed by atoms with Crippen molar-refractivity contribution in [3.63, 3.8) is 0 Å². The van der Waals surface area contributed by atoms with Crippen molar-refractivity contribution >= 4 is 33.4 Å². The molecule has 0 amide bonds. The summed E-state index contributed by atoms with van der Waals surface area (Å²) in [5, 5.41) is 19.2. The van der Waals surface area contributed by atoms with Gasteiger partial charge in [0, 0.05) is 59.2 Å². The molecule has 6 nitrogen and oxygen atoms in total. The molecule has 0 bridgehead atoms. The molecule has 2 aromatic heterocycles. The van der Waals surface area contributed by atoms with E-state index in [2.05, 4.69) is 133 Å². The normalized spacial score (nSPS) is 11.2. The largest absolute Gasteiger partial charge is 0.512 e. The van der Waals surface area contributed by atoms with Crippen LogP contribution in [0, 0.1) is 26.0 Å². The molecule has 2 radical (unpaired) electrons. The topological polar surface area (TPSA) is 100 Å². The van der Waals surface area contributed by atoms with E-state index in [1.807, 2.05) is 18.2 Å². The number of allylic oxidation sites excluding steroid dienone is 4. The van der Waals surface area contributed by atoms with Crippen molar-refractivity contribution in [3.8, 4) is 22.5 Å². The number of hydrogen-bond donors (Lipinski definition) is 2. The molecule has 0 aliphatic carbocycles. The molecule has 1 unspecified atom stereocenters. The minimum atomic E-state index is -0.125. The standard InChI is InChI=1S/C20H20N.C19H18N.2C5H8O2.CH4.2Ir.H2/c1-13(2)17-6-5-7-20-18(17)8-9-19(21-20)16-11-14(3)10-15(4)12-16;1-3-14(2)15-8-10-17(11-9-15)19-13-12-16-6-4-5-7-18(16)20-19;2*1-4(6)3-5(2)7;;;;/h5-11,13H,1-4H3;4-10,12-14H,3H2,1-2H3;2*3,6H,1-2H3;1H4;;;1H/q2*-1;;;;;;/i;;;;;;;1+1. The van der Waals surface area contributed by atoms with Crippen LogP contribution in [-0.4, -0.2) is 31.7 Å².